The van der Waals surface area contributed by atoms with Crippen molar-refractivity contribution in [1.82, 2.24) is 24.3 Å². The lowest BCUT2D eigenvalue weighted by molar-refractivity contribution is 0.402. The normalized spacial score (nSPS) is 11.5. The molecule has 0 atom stereocenters. The van der Waals surface area contributed by atoms with E-state index >= 15 is 0 Å². The van der Waals surface area contributed by atoms with E-state index in [2.05, 4.69) is 14.9 Å². The van der Waals surface area contributed by atoms with Crippen LogP contribution in [0.4, 0.5) is 0 Å². The number of methoxy groups -OCH3 is 1. The molecule has 1 N–H and O–H groups in total. The van der Waals surface area contributed by atoms with E-state index in [1.807, 2.05) is 6.92 Å². The average molecular weight is 389 g/mol. The molecule has 0 fully saturated rings. The van der Waals surface area contributed by atoms with Gasteiger partial charge in [0.15, 0.2) is 5.82 Å². The van der Waals surface area contributed by atoms with Crippen LogP contribution >= 0.6 is 0 Å². The highest BCUT2D eigenvalue weighted by atomic mass is 32.2. The SMILES string of the molecule is COc1cc(C)ccc1S(=O)(=O)NCCn1nc(-n2cccn2)ccc1=O. The Morgan fingerprint density at radius 3 is 2.74 bits per heavy atom. The number of sulfonamides is 1. The van der Waals surface area contributed by atoms with Crippen molar-refractivity contribution in [3.8, 4) is 11.6 Å². The van der Waals surface area contributed by atoms with Crippen LogP contribution in [0.3, 0.4) is 0 Å². The maximum Gasteiger partial charge on any atom is 0.266 e. The third-order valence-electron chi connectivity index (χ3n) is 3.82. The number of aryl methyl sites for hydroxylation is 1. The Hall–Kier alpha value is -2.98. The number of aromatic nitrogens is 4. The molecule has 27 heavy (non-hydrogen) atoms. The Balaban J connectivity index is 1.74. The van der Waals surface area contributed by atoms with E-state index in [-0.39, 0.29) is 29.3 Å². The van der Waals surface area contributed by atoms with E-state index < -0.39 is 10.0 Å². The van der Waals surface area contributed by atoms with Gasteiger partial charge in [0, 0.05) is 25.0 Å². The van der Waals surface area contributed by atoms with Gasteiger partial charge in [0.25, 0.3) is 5.56 Å². The van der Waals surface area contributed by atoms with Crippen LogP contribution in [-0.2, 0) is 16.6 Å². The molecule has 0 bridgehead atoms. The fourth-order valence-corrected chi connectivity index (χ4v) is 3.66. The van der Waals surface area contributed by atoms with Gasteiger partial charge < -0.3 is 4.74 Å². The van der Waals surface area contributed by atoms with Crippen LogP contribution in [-0.4, -0.2) is 41.6 Å². The zero-order chi connectivity index (χ0) is 19.4. The number of benzene rings is 1. The topological polar surface area (TPSA) is 108 Å². The second kappa shape index (κ2) is 7.72. The molecule has 0 amide bonds. The van der Waals surface area contributed by atoms with Gasteiger partial charge in [0.2, 0.25) is 10.0 Å². The first-order chi connectivity index (χ1) is 12.9. The molecule has 9 nitrogen and oxygen atoms in total. The summed E-state index contributed by atoms with van der Waals surface area (Å²) >= 11 is 0. The lowest BCUT2D eigenvalue weighted by Gasteiger charge is -2.12. The summed E-state index contributed by atoms with van der Waals surface area (Å²) in [6.45, 7) is 1.91. The van der Waals surface area contributed by atoms with Gasteiger partial charge in [0.05, 0.1) is 13.7 Å². The molecule has 3 rings (SSSR count). The quantitative estimate of drug-likeness (QED) is 0.638. The second-order valence-electron chi connectivity index (χ2n) is 5.76. The summed E-state index contributed by atoms with van der Waals surface area (Å²) in [5.41, 5.74) is 0.551. The summed E-state index contributed by atoms with van der Waals surface area (Å²) in [7, 11) is -2.38. The number of hydrogen-bond acceptors (Lipinski definition) is 6. The molecule has 0 saturated heterocycles. The number of nitrogens with one attached hydrogen (secondary N) is 1. The summed E-state index contributed by atoms with van der Waals surface area (Å²) in [5.74, 6) is 0.723. The van der Waals surface area contributed by atoms with Crippen LogP contribution in [0.1, 0.15) is 5.56 Å². The predicted molar refractivity (Wildman–Crippen MR) is 98.5 cm³/mol. The van der Waals surface area contributed by atoms with Gasteiger partial charge >= 0.3 is 0 Å². The number of nitrogens with zero attached hydrogens (tertiary/aromatic N) is 4. The number of rotatable bonds is 7. The van der Waals surface area contributed by atoms with Crippen molar-refractivity contribution in [2.75, 3.05) is 13.7 Å². The highest BCUT2D eigenvalue weighted by molar-refractivity contribution is 7.89. The zero-order valence-electron chi connectivity index (χ0n) is 14.9. The van der Waals surface area contributed by atoms with E-state index in [1.54, 1.807) is 36.7 Å². The van der Waals surface area contributed by atoms with Crippen LogP contribution in [0.15, 0.2) is 58.5 Å². The minimum absolute atomic E-state index is 0.00513. The molecule has 0 spiro atoms. The molecule has 1 aromatic carbocycles. The molecule has 3 aromatic rings. The molecule has 0 radical (unpaired) electrons. The summed E-state index contributed by atoms with van der Waals surface area (Å²) < 4.78 is 35.4. The Bertz CT molecular complexity index is 1090. The minimum atomic E-state index is -3.79. The van der Waals surface area contributed by atoms with Crippen LogP contribution in [0.5, 0.6) is 5.75 Å². The van der Waals surface area contributed by atoms with E-state index in [4.69, 9.17) is 4.74 Å². The average Bonchev–Trinajstić information content (AvgIpc) is 3.17. The van der Waals surface area contributed by atoms with Gasteiger partial charge in [-0.05, 0) is 36.8 Å². The highest BCUT2D eigenvalue weighted by Gasteiger charge is 2.19. The molecular formula is C17H19N5O4S. The minimum Gasteiger partial charge on any atom is -0.495 e. The monoisotopic (exact) mass is 389 g/mol. The van der Waals surface area contributed by atoms with Gasteiger partial charge in [-0.15, -0.1) is 5.10 Å². The Labute approximate surface area is 156 Å². The third kappa shape index (κ3) is 4.23. The molecule has 0 unspecified atom stereocenters. The van der Waals surface area contributed by atoms with Gasteiger partial charge in [-0.1, -0.05) is 6.07 Å². The first-order valence-corrected chi connectivity index (χ1v) is 9.61. The number of hydrogen-bond donors (Lipinski definition) is 1. The Morgan fingerprint density at radius 2 is 2.04 bits per heavy atom. The first kappa shape index (κ1) is 18.8. The molecular weight excluding hydrogens is 370 g/mol. The van der Waals surface area contributed by atoms with Crippen LogP contribution < -0.4 is 15.0 Å². The smallest absolute Gasteiger partial charge is 0.266 e. The van der Waals surface area contributed by atoms with Crippen molar-refractivity contribution < 1.29 is 13.2 Å². The Morgan fingerprint density at radius 1 is 1.22 bits per heavy atom. The molecule has 0 aliphatic carbocycles. The largest absolute Gasteiger partial charge is 0.495 e. The maximum atomic E-state index is 12.5. The van der Waals surface area contributed by atoms with Crippen molar-refractivity contribution >= 4 is 10.0 Å². The standard InChI is InChI=1S/C17H19N5O4S/c1-13-4-5-15(14(12-13)26-2)27(24,25)19-9-11-22-17(23)7-6-16(20-22)21-10-3-8-18-21/h3-8,10,12,19H,9,11H2,1-2H3. The molecule has 10 heteroatoms. The summed E-state index contributed by atoms with van der Waals surface area (Å²) in [4.78, 5) is 12.0. The summed E-state index contributed by atoms with van der Waals surface area (Å²) in [5, 5.41) is 8.25. The van der Waals surface area contributed by atoms with E-state index in [9.17, 15) is 13.2 Å². The lowest BCUT2D eigenvalue weighted by Crippen LogP contribution is -2.32. The van der Waals surface area contributed by atoms with Gasteiger partial charge in [0.1, 0.15) is 10.6 Å². The highest BCUT2D eigenvalue weighted by Crippen LogP contribution is 2.24. The van der Waals surface area contributed by atoms with Crippen molar-refractivity contribution in [3.05, 3.63) is 64.7 Å². The van der Waals surface area contributed by atoms with Gasteiger partial charge in [-0.25, -0.2) is 22.5 Å². The summed E-state index contributed by atoms with van der Waals surface area (Å²) in [6, 6.07) is 9.47. The molecule has 2 aromatic heterocycles. The fourth-order valence-electron chi connectivity index (χ4n) is 2.49. The predicted octanol–water partition coefficient (Wildman–Crippen LogP) is 0.725. The van der Waals surface area contributed by atoms with Crippen molar-refractivity contribution in [2.45, 2.75) is 18.4 Å². The second-order valence-corrected chi connectivity index (χ2v) is 7.49. The Kier molecular flexibility index (Phi) is 5.38. The van der Waals surface area contributed by atoms with Crippen molar-refractivity contribution in [3.63, 3.8) is 0 Å². The van der Waals surface area contributed by atoms with E-state index in [0.29, 0.717) is 5.82 Å². The molecule has 2 heterocycles. The van der Waals surface area contributed by atoms with Crippen molar-refractivity contribution in [1.29, 1.82) is 0 Å². The summed E-state index contributed by atoms with van der Waals surface area (Å²) in [6.07, 6.45) is 3.30. The van der Waals surface area contributed by atoms with Crippen LogP contribution in [0.25, 0.3) is 5.82 Å². The molecule has 0 aliphatic rings. The van der Waals surface area contributed by atoms with Gasteiger partial charge in [-0.3, -0.25) is 4.79 Å². The van der Waals surface area contributed by atoms with Crippen LogP contribution in [0.2, 0.25) is 0 Å². The molecule has 0 saturated carbocycles. The molecule has 142 valence electrons. The lowest BCUT2D eigenvalue weighted by atomic mass is 10.2. The third-order valence-corrected chi connectivity index (χ3v) is 5.32. The van der Waals surface area contributed by atoms with Crippen LogP contribution in [0, 0.1) is 6.92 Å². The van der Waals surface area contributed by atoms with E-state index in [1.165, 1.54) is 28.6 Å². The maximum absolute atomic E-state index is 12.5. The fraction of sp³-hybridized carbons (Fsp3) is 0.235. The zero-order valence-corrected chi connectivity index (χ0v) is 15.7. The first-order valence-electron chi connectivity index (χ1n) is 8.13. The van der Waals surface area contributed by atoms with Gasteiger partial charge in [-0.2, -0.15) is 5.10 Å². The number of ether oxygens (including phenoxy) is 1. The van der Waals surface area contributed by atoms with Crippen molar-refractivity contribution in [2.24, 2.45) is 0 Å². The van der Waals surface area contributed by atoms with E-state index in [0.717, 1.165) is 5.56 Å². The molecule has 0 aliphatic heterocycles.